The highest BCUT2D eigenvalue weighted by Crippen LogP contribution is 2.27. The number of ether oxygens (including phenoxy) is 1. The first-order valence-electron chi connectivity index (χ1n) is 8.54. The first-order valence-corrected chi connectivity index (χ1v) is 8.54. The lowest BCUT2D eigenvalue weighted by molar-refractivity contribution is -0.127. The molecule has 0 spiro atoms. The molecule has 2 fully saturated rings. The second-order valence-electron chi connectivity index (χ2n) is 6.53. The molecular weight excluding hydrogens is 292 g/mol. The van der Waals surface area contributed by atoms with Crippen molar-refractivity contribution in [2.24, 2.45) is 0 Å². The molecule has 1 aromatic heterocycles. The van der Waals surface area contributed by atoms with Gasteiger partial charge in [0.1, 0.15) is 0 Å². The van der Waals surface area contributed by atoms with Crippen LogP contribution in [0.1, 0.15) is 44.0 Å². The second kappa shape index (κ2) is 6.83. The molecule has 6 nitrogen and oxygen atoms in total. The van der Waals surface area contributed by atoms with Crippen molar-refractivity contribution in [1.29, 1.82) is 0 Å². The standard InChI is InChI=1S/C17H26N4O2/c1-4-15-11-21(7-8-23-15)17-18-12(2)9-16(19-17)14-5-6-20(10-14)13(3)22/h9,14-15H,4-8,10-11H2,1-3H3. The maximum atomic E-state index is 11.5. The zero-order valence-corrected chi connectivity index (χ0v) is 14.3. The van der Waals surface area contributed by atoms with Gasteiger partial charge in [0.25, 0.3) is 0 Å². The predicted octanol–water partition coefficient (Wildman–Crippen LogP) is 1.74. The molecule has 1 amide bonds. The Hall–Kier alpha value is -1.69. The lowest BCUT2D eigenvalue weighted by Gasteiger charge is -2.33. The van der Waals surface area contributed by atoms with Gasteiger partial charge in [-0.3, -0.25) is 4.79 Å². The van der Waals surface area contributed by atoms with Crippen molar-refractivity contribution in [1.82, 2.24) is 14.9 Å². The van der Waals surface area contributed by atoms with Crippen LogP contribution < -0.4 is 4.90 Å². The molecule has 126 valence electrons. The van der Waals surface area contributed by atoms with Gasteiger partial charge in [0.05, 0.1) is 18.4 Å². The van der Waals surface area contributed by atoms with E-state index in [2.05, 4.69) is 22.9 Å². The number of carbonyl (C=O) groups excluding carboxylic acids is 1. The summed E-state index contributed by atoms with van der Waals surface area (Å²) in [6, 6.07) is 2.07. The predicted molar refractivity (Wildman–Crippen MR) is 88.6 cm³/mol. The van der Waals surface area contributed by atoms with E-state index in [1.807, 2.05) is 11.8 Å². The summed E-state index contributed by atoms with van der Waals surface area (Å²) in [5.74, 6) is 1.28. The number of hydrogen-bond acceptors (Lipinski definition) is 5. The summed E-state index contributed by atoms with van der Waals surface area (Å²) in [5, 5.41) is 0. The largest absolute Gasteiger partial charge is 0.375 e. The molecule has 23 heavy (non-hydrogen) atoms. The van der Waals surface area contributed by atoms with Gasteiger partial charge in [-0.15, -0.1) is 0 Å². The van der Waals surface area contributed by atoms with Crippen LogP contribution in [-0.2, 0) is 9.53 Å². The number of anilines is 1. The highest BCUT2D eigenvalue weighted by molar-refractivity contribution is 5.73. The summed E-state index contributed by atoms with van der Waals surface area (Å²) in [5.41, 5.74) is 2.06. The summed E-state index contributed by atoms with van der Waals surface area (Å²) in [6.45, 7) is 9.81. The Morgan fingerprint density at radius 2 is 2.17 bits per heavy atom. The molecule has 2 aliphatic rings. The fraction of sp³-hybridized carbons (Fsp3) is 0.706. The number of aryl methyl sites for hydroxylation is 1. The van der Waals surface area contributed by atoms with Crippen LogP contribution in [0.2, 0.25) is 0 Å². The molecule has 2 saturated heterocycles. The lowest BCUT2D eigenvalue weighted by Crippen LogP contribution is -2.43. The van der Waals surface area contributed by atoms with E-state index >= 15 is 0 Å². The van der Waals surface area contributed by atoms with Gasteiger partial charge >= 0.3 is 0 Å². The molecule has 1 aromatic rings. The van der Waals surface area contributed by atoms with Crippen molar-refractivity contribution in [2.45, 2.75) is 45.6 Å². The third-order valence-electron chi connectivity index (χ3n) is 4.79. The zero-order chi connectivity index (χ0) is 16.4. The molecule has 6 heteroatoms. The van der Waals surface area contributed by atoms with Gasteiger partial charge in [-0.25, -0.2) is 9.97 Å². The van der Waals surface area contributed by atoms with Crippen LogP contribution in [-0.4, -0.2) is 59.7 Å². The van der Waals surface area contributed by atoms with Gasteiger partial charge in [-0.05, 0) is 25.8 Å². The molecule has 0 aliphatic carbocycles. The van der Waals surface area contributed by atoms with Crippen LogP contribution in [0.15, 0.2) is 6.07 Å². The summed E-state index contributed by atoms with van der Waals surface area (Å²) in [4.78, 5) is 25.1. The Kier molecular flexibility index (Phi) is 4.80. The van der Waals surface area contributed by atoms with Crippen molar-refractivity contribution in [3.63, 3.8) is 0 Å². The summed E-state index contributed by atoms with van der Waals surface area (Å²) in [6.07, 6.45) is 2.25. The highest BCUT2D eigenvalue weighted by atomic mass is 16.5. The molecule has 0 aromatic carbocycles. The van der Waals surface area contributed by atoms with Crippen LogP contribution in [0.5, 0.6) is 0 Å². The number of amides is 1. The number of morpholine rings is 1. The number of rotatable bonds is 3. The van der Waals surface area contributed by atoms with Crippen molar-refractivity contribution >= 4 is 11.9 Å². The molecule has 2 aliphatic heterocycles. The topological polar surface area (TPSA) is 58.6 Å². The second-order valence-corrected chi connectivity index (χ2v) is 6.53. The van der Waals surface area contributed by atoms with E-state index in [0.717, 1.165) is 63.0 Å². The number of hydrogen-bond donors (Lipinski definition) is 0. The van der Waals surface area contributed by atoms with Gasteiger partial charge in [-0.2, -0.15) is 0 Å². The van der Waals surface area contributed by atoms with E-state index in [9.17, 15) is 4.79 Å². The van der Waals surface area contributed by atoms with Gasteiger partial charge in [-0.1, -0.05) is 6.92 Å². The minimum absolute atomic E-state index is 0.150. The van der Waals surface area contributed by atoms with Crippen LogP contribution in [0.4, 0.5) is 5.95 Å². The van der Waals surface area contributed by atoms with E-state index in [1.54, 1.807) is 6.92 Å². The Morgan fingerprint density at radius 3 is 2.87 bits per heavy atom. The molecule has 2 atom stereocenters. The first kappa shape index (κ1) is 16.2. The Bertz CT molecular complexity index is 578. The zero-order valence-electron chi connectivity index (χ0n) is 14.3. The molecule has 0 saturated carbocycles. The fourth-order valence-corrected chi connectivity index (χ4v) is 3.36. The van der Waals surface area contributed by atoms with Crippen molar-refractivity contribution in [2.75, 3.05) is 37.7 Å². The average Bonchev–Trinajstić information content (AvgIpc) is 3.05. The van der Waals surface area contributed by atoms with Crippen LogP contribution in [0.25, 0.3) is 0 Å². The Morgan fingerprint density at radius 1 is 1.35 bits per heavy atom. The fourth-order valence-electron chi connectivity index (χ4n) is 3.36. The highest BCUT2D eigenvalue weighted by Gasteiger charge is 2.28. The minimum Gasteiger partial charge on any atom is -0.375 e. The molecule has 2 unspecified atom stereocenters. The average molecular weight is 318 g/mol. The minimum atomic E-state index is 0.150. The van der Waals surface area contributed by atoms with E-state index < -0.39 is 0 Å². The molecular formula is C17H26N4O2. The van der Waals surface area contributed by atoms with Crippen molar-refractivity contribution < 1.29 is 9.53 Å². The molecule has 3 rings (SSSR count). The maximum Gasteiger partial charge on any atom is 0.225 e. The molecule has 0 N–H and O–H groups in total. The SMILES string of the molecule is CCC1CN(c2nc(C)cc(C3CCN(C(C)=O)C3)n2)CCO1. The lowest BCUT2D eigenvalue weighted by atomic mass is 10.0. The van der Waals surface area contributed by atoms with Gasteiger partial charge in [0.15, 0.2) is 0 Å². The normalized spacial score (nSPS) is 25.0. The van der Waals surface area contributed by atoms with Crippen LogP contribution >= 0.6 is 0 Å². The monoisotopic (exact) mass is 318 g/mol. The number of aromatic nitrogens is 2. The van der Waals surface area contributed by atoms with Gasteiger partial charge in [0.2, 0.25) is 11.9 Å². The van der Waals surface area contributed by atoms with E-state index in [4.69, 9.17) is 9.72 Å². The Balaban J connectivity index is 1.78. The summed E-state index contributed by atoms with van der Waals surface area (Å²) < 4.78 is 5.74. The van der Waals surface area contributed by atoms with Crippen LogP contribution in [0.3, 0.4) is 0 Å². The van der Waals surface area contributed by atoms with Crippen LogP contribution in [0, 0.1) is 6.92 Å². The maximum absolute atomic E-state index is 11.5. The number of likely N-dealkylation sites (tertiary alicyclic amines) is 1. The number of carbonyl (C=O) groups is 1. The molecule has 0 radical (unpaired) electrons. The third kappa shape index (κ3) is 3.63. The number of nitrogens with zero attached hydrogens (tertiary/aromatic N) is 4. The smallest absolute Gasteiger partial charge is 0.225 e. The van der Waals surface area contributed by atoms with Gasteiger partial charge < -0.3 is 14.5 Å². The third-order valence-corrected chi connectivity index (χ3v) is 4.79. The van der Waals surface area contributed by atoms with E-state index in [1.165, 1.54) is 0 Å². The van der Waals surface area contributed by atoms with E-state index in [-0.39, 0.29) is 12.0 Å². The van der Waals surface area contributed by atoms with Crippen molar-refractivity contribution in [3.8, 4) is 0 Å². The quantitative estimate of drug-likeness (QED) is 0.849. The molecule has 0 bridgehead atoms. The first-order chi connectivity index (χ1) is 11.1. The Labute approximate surface area is 137 Å². The van der Waals surface area contributed by atoms with Crippen molar-refractivity contribution in [3.05, 3.63) is 17.5 Å². The van der Waals surface area contributed by atoms with Gasteiger partial charge in [0, 0.05) is 44.7 Å². The summed E-state index contributed by atoms with van der Waals surface area (Å²) in [7, 11) is 0. The molecule has 3 heterocycles. The summed E-state index contributed by atoms with van der Waals surface area (Å²) >= 11 is 0. The van der Waals surface area contributed by atoms with E-state index in [0.29, 0.717) is 5.92 Å².